The molecule has 1 aliphatic heterocycles. The van der Waals surface area contributed by atoms with Gasteiger partial charge in [-0.3, -0.25) is 10.2 Å². The zero-order valence-electron chi connectivity index (χ0n) is 13.6. The van der Waals surface area contributed by atoms with Crippen LogP contribution in [0.1, 0.15) is 15.2 Å². The summed E-state index contributed by atoms with van der Waals surface area (Å²) < 4.78 is 14.3. The molecule has 2 aromatic carbocycles. The molecule has 2 heterocycles. The van der Waals surface area contributed by atoms with E-state index in [1.54, 1.807) is 6.08 Å². The summed E-state index contributed by atoms with van der Waals surface area (Å²) >= 11 is 6.32. The van der Waals surface area contributed by atoms with E-state index in [9.17, 15) is 14.3 Å². The van der Waals surface area contributed by atoms with Crippen molar-refractivity contribution < 1.29 is 14.3 Å². The fourth-order valence-electron chi connectivity index (χ4n) is 2.45. The summed E-state index contributed by atoms with van der Waals surface area (Å²) in [6, 6.07) is 12.5. The number of thiazole rings is 1. The minimum atomic E-state index is -0.527. The van der Waals surface area contributed by atoms with Gasteiger partial charge in [0.25, 0.3) is 5.91 Å². The van der Waals surface area contributed by atoms with Crippen LogP contribution in [0.25, 0.3) is 6.08 Å². The Morgan fingerprint density at radius 3 is 2.41 bits per heavy atom. The maximum Gasteiger partial charge on any atom is 0.270 e. The SMILES string of the molecule is O=C(Nn1c(O)c(C=C2N=c3ccccc3=N2)sc1=S)c1ccc(F)cc1. The number of para-hydroxylation sites is 2. The molecule has 0 saturated carbocycles. The third-order valence-electron chi connectivity index (χ3n) is 3.74. The fourth-order valence-corrected chi connectivity index (χ4v) is 3.61. The van der Waals surface area contributed by atoms with E-state index in [-0.39, 0.29) is 15.4 Å². The first-order valence-electron chi connectivity index (χ1n) is 7.77. The van der Waals surface area contributed by atoms with E-state index in [2.05, 4.69) is 15.4 Å². The highest BCUT2D eigenvalue weighted by Gasteiger charge is 2.15. The molecule has 0 unspecified atom stereocenters. The molecule has 0 atom stereocenters. The van der Waals surface area contributed by atoms with Gasteiger partial charge in [0.1, 0.15) is 5.82 Å². The van der Waals surface area contributed by atoms with Gasteiger partial charge in [0.15, 0.2) is 9.78 Å². The maximum absolute atomic E-state index is 13.0. The van der Waals surface area contributed by atoms with E-state index in [1.807, 2.05) is 24.3 Å². The number of nitrogens with zero attached hydrogens (tertiary/aromatic N) is 3. The molecular formula is C18H11FN4O2S2. The monoisotopic (exact) mass is 398 g/mol. The van der Waals surface area contributed by atoms with E-state index >= 15 is 0 Å². The Labute approximate surface area is 161 Å². The van der Waals surface area contributed by atoms with Gasteiger partial charge in [-0.2, -0.15) is 4.68 Å². The van der Waals surface area contributed by atoms with Crippen molar-refractivity contribution in [2.75, 3.05) is 5.43 Å². The predicted octanol–water partition coefficient (Wildman–Crippen LogP) is 2.76. The Morgan fingerprint density at radius 1 is 1.15 bits per heavy atom. The first-order valence-corrected chi connectivity index (χ1v) is 9.00. The summed E-state index contributed by atoms with van der Waals surface area (Å²) in [5, 5.41) is 11.9. The van der Waals surface area contributed by atoms with Crippen LogP contribution in [0.5, 0.6) is 5.88 Å². The molecule has 9 heteroatoms. The molecule has 1 aliphatic rings. The lowest BCUT2D eigenvalue weighted by Crippen LogP contribution is -2.22. The highest BCUT2D eigenvalue weighted by Crippen LogP contribution is 2.28. The average molecular weight is 398 g/mol. The van der Waals surface area contributed by atoms with Crippen LogP contribution in [-0.2, 0) is 0 Å². The molecule has 0 bridgehead atoms. The Kier molecular flexibility index (Phi) is 4.38. The van der Waals surface area contributed by atoms with Crippen molar-refractivity contribution in [1.82, 2.24) is 4.68 Å². The number of amides is 1. The Balaban J connectivity index is 1.64. The second-order valence-electron chi connectivity index (χ2n) is 5.55. The third kappa shape index (κ3) is 3.42. The molecule has 0 aliphatic carbocycles. The fraction of sp³-hybridized carbons (Fsp3) is 0. The Morgan fingerprint density at radius 2 is 1.78 bits per heavy atom. The molecule has 2 N–H and O–H groups in total. The minimum absolute atomic E-state index is 0.227. The molecule has 0 saturated heterocycles. The Hall–Kier alpha value is -3.17. The number of rotatable bonds is 3. The van der Waals surface area contributed by atoms with Crippen LogP contribution in [0.2, 0.25) is 0 Å². The standard InChI is InChI=1S/C18H11FN4O2S2/c19-11-7-5-10(6-8-11)16(24)22-23-17(25)14(27-18(23)26)9-15-20-12-3-1-2-4-13(12)21-15/h1-9,25H,(H,22,24). The maximum atomic E-state index is 13.0. The molecular weight excluding hydrogens is 387 g/mol. The second-order valence-corrected chi connectivity index (χ2v) is 7.23. The molecule has 0 fully saturated rings. The normalized spacial score (nSPS) is 12.1. The molecule has 3 aromatic rings. The number of carbonyl (C=O) groups is 1. The topological polar surface area (TPSA) is 79.0 Å². The van der Waals surface area contributed by atoms with Gasteiger partial charge in [0, 0.05) is 11.6 Å². The van der Waals surface area contributed by atoms with Crippen molar-refractivity contribution in [2.45, 2.75) is 0 Å². The molecule has 4 rings (SSSR count). The van der Waals surface area contributed by atoms with Crippen LogP contribution in [-0.4, -0.2) is 15.7 Å². The summed E-state index contributed by atoms with van der Waals surface area (Å²) in [6.07, 6.45) is 1.59. The number of benzene rings is 2. The number of halogens is 1. The van der Waals surface area contributed by atoms with Crippen LogP contribution in [0.4, 0.5) is 4.39 Å². The lowest BCUT2D eigenvalue weighted by atomic mass is 10.2. The summed E-state index contributed by atoms with van der Waals surface area (Å²) in [4.78, 5) is 21.4. The molecule has 1 amide bonds. The lowest BCUT2D eigenvalue weighted by Gasteiger charge is -2.07. The van der Waals surface area contributed by atoms with Crippen LogP contribution in [0.15, 0.2) is 64.3 Å². The van der Waals surface area contributed by atoms with Gasteiger partial charge >= 0.3 is 0 Å². The number of hydrogen-bond donors (Lipinski definition) is 2. The van der Waals surface area contributed by atoms with Gasteiger partial charge in [-0.05, 0) is 48.6 Å². The first kappa shape index (κ1) is 17.3. The van der Waals surface area contributed by atoms with Gasteiger partial charge < -0.3 is 5.11 Å². The number of carbonyl (C=O) groups excluding carboxylic acids is 1. The van der Waals surface area contributed by atoms with Crippen LogP contribution in [0.3, 0.4) is 0 Å². The molecule has 0 spiro atoms. The second kappa shape index (κ2) is 6.86. The highest BCUT2D eigenvalue weighted by atomic mass is 32.1. The lowest BCUT2D eigenvalue weighted by molar-refractivity contribution is 0.101. The largest absolute Gasteiger partial charge is 0.492 e. The summed E-state index contributed by atoms with van der Waals surface area (Å²) in [5.74, 6) is -0.768. The van der Waals surface area contributed by atoms with Crippen LogP contribution >= 0.6 is 23.6 Å². The van der Waals surface area contributed by atoms with Gasteiger partial charge in [0.2, 0.25) is 5.88 Å². The molecule has 134 valence electrons. The number of nitrogens with one attached hydrogen (secondary N) is 1. The van der Waals surface area contributed by atoms with E-state index in [4.69, 9.17) is 12.2 Å². The quantitative estimate of drug-likeness (QED) is 0.666. The van der Waals surface area contributed by atoms with Crippen molar-refractivity contribution in [1.29, 1.82) is 0 Å². The summed E-state index contributed by atoms with van der Waals surface area (Å²) in [7, 11) is 0. The Bertz CT molecular complexity index is 1220. The number of aromatic nitrogens is 1. The molecule has 27 heavy (non-hydrogen) atoms. The average Bonchev–Trinajstić information content (AvgIpc) is 3.18. The van der Waals surface area contributed by atoms with Crippen molar-refractivity contribution in [3.8, 4) is 5.88 Å². The van der Waals surface area contributed by atoms with Gasteiger partial charge in [-0.15, -0.1) is 0 Å². The van der Waals surface area contributed by atoms with E-state index < -0.39 is 11.7 Å². The van der Waals surface area contributed by atoms with Crippen LogP contribution in [0, 0.1) is 9.77 Å². The van der Waals surface area contributed by atoms with E-state index in [0.29, 0.717) is 10.7 Å². The van der Waals surface area contributed by atoms with Crippen molar-refractivity contribution in [3.63, 3.8) is 0 Å². The van der Waals surface area contributed by atoms with Gasteiger partial charge in [-0.25, -0.2) is 14.4 Å². The zero-order chi connectivity index (χ0) is 19.0. The van der Waals surface area contributed by atoms with Gasteiger partial charge in [0.05, 0.1) is 15.6 Å². The first-order chi connectivity index (χ1) is 13.0. The van der Waals surface area contributed by atoms with E-state index in [0.717, 1.165) is 26.7 Å². The van der Waals surface area contributed by atoms with Crippen LogP contribution < -0.4 is 16.1 Å². The third-order valence-corrected chi connectivity index (χ3v) is 5.05. The molecule has 0 radical (unpaired) electrons. The van der Waals surface area contributed by atoms with Crippen molar-refractivity contribution in [3.05, 3.63) is 85.3 Å². The predicted molar refractivity (Wildman–Crippen MR) is 102 cm³/mol. The number of aromatic hydroxyl groups is 1. The molecule has 6 nitrogen and oxygen atoms in total. The smallest absolute Gasteiger partial charge is 0.270 e. The van der Waals surface area contributed by atoms with Gasteiger partial charge in [-0.1, -0.05) is 23.5 Å². The van der Waals surface area contributed by atoms with Crippen molar-refractivity contribution >= 4 is 35.5 Å². The zero-order valence-corrected chi connectivity index (χ0v) is 15.2. The number of fused-ring (bicyclic) bond motifs is 1. The molecule has 1 aromatic heterocycles. The summed E-state index contributed by atoms with van der Waals surface area (Å²) in [5.41, 5.74) is 2.73. The minimum Gasteiger partial charge on any atom is -0.492 e. The highest BCUT2D eigenvalue weighted by molar-refractivity contribution is 7.73. The van der Waals surface area contributed by atoms with E-state index in [1.165, 1.54) is 24.3 Å². The summed E-state index contributed by atoms with van der Waals surface area (Å²) in [6.45, 7) is 0. The van der Waals surface area contributed by atoms with Crippen molar-refractivity contribution in [2.24, 2.45) is 9.98 Å². The number of hydrogen-bond acceptors (Lipinski definition) is 6.